The molecule has 1 aliphatic rings. The second-order valence-corrected chi connectivity index (χ2v) is 6.78. The van der Waals surface area contributed by atoms with E-state index in [1.54, 1.807) is 29.4 Å². The van der Waals surface area contributed by atoms with Crippen molar-refractivity contribution in [3.63, 3.8) is 0 Å². The van der Waals surface area contributed by atoms with Crippen molar-refractivity contribution in [3.05, 3.63) is 77.6 Å². The molecule has 0 saturated heterocycles. The second-order valence-electron chi connectivity index (χ2n) is 6.78. The van der Waals surface area contributed by atoms with E-state index in [1.807, 2.05) is 43.3 Å². The van der Waals surface area contributed by atoms with Gasteiger partial charge < -0.3 is 9.64 Å². The van der Waals surface area contributed by atoms with Gasteiger partial charge in [0.1, 0.15) is 12.3 Å². The Morgan fingerprint density at radius 1 is 1.14 bits per heavy atom. The van der Waals surface area contributed by atoms with E-state index < -0.39 is 0 Å². The van der Waals surface area contributed by atoms with Crippen molar-refractivity contribution in [2.45, 2.75) is 13.3 Å². The third kappa shape index (κ3) is 3.45. The minimum absolute atomic E-state index is 0.0205. The lowest BCUT2D eigenvalue weighted by atomic mass is 10.0. The molecule has 0 aliphatic carbocycles. The highest BCUT2D eigenvalue weighted by Gasteiger charge is 2.26. The van der Waals surface area contributed by atoms with Crippen LogP contribution < -0.4 is 9.64 Å². The normalized spacial score (nSPS) is 12.6. The van der Waals surface area contributed by atoms with Crippen LogP contribution in [-0.4, -0.2) is 24.0 Å². The Balaban J connectivity index is 1.65. The van der Waals surface area contributed by atoms with Gasteiger partial charge in [0.15, 0.2) is 5.75 Å². The summed E-state index contributed by atoms with van der Waals surface area (Å²) in [5, 5.41) is 8.99. The van der Waals surface area contributed by atoms with Crippen LogP contribution in [0.25, 0.3) is 11.1 Å². The van der Waals surface area contributed by atoms with Gasteiger partial charge in [0.05, 0.1) is 30.8 Å². The number of aromatic nitrogens is 1. The minimum Gasteiger partial charge on any atom is -0.489 e. The number of hydrogen-bond donors (Lipinski definition) is 0. The molecule has 5 nitrogen and oxygen atoms in total. The topological polar surface area (TPSA) is 66.2 Å². The first-order chi connectivity index (χ1) is 13.7. The van der Waals surface area contributed by atoms with Gasteiger partial charge in [0, 0.05) is 11.8 Å². The molecule has 0 atom stereocenters. The van der Waals surface area contributed by atoms with Crippen molar-refractivity contribution in [3.8, 4) is 22.9 Å². The number of carbonyl (C=O) groups excluding carboxylic acids is 1. The molecule has 5 heteroatoms. The monoisotopic (exact) mass is 369 g/mol. The zero-order valence-corrected chi connectivity index (χ0v) is 15.6. The Bertz CT molecular complexity index is 1050. The first-order valence-corrected chi connectivity index (χ1v) is 9.13. The Labute approximate surface area is 163 Å². The van der Waals surface area contributed by atoms with E-state index in [2.05, 4.69) is 11.1 Å². The third-order valence-electron chi connectivity index (χ3n) is 4.83. The molecule has 0 unspecified atom stereocenters. The van der Waals surface area contributed by atoms with Crippen molar-refractivity contribution in [2.24, 2.45) is 0 Å². The molecule has 1 aromatic heterocycles. The SMILES string of the molecule is Cc1ccc(CC(=O)N2CCOc3c(-c4ccc(C#N)cc4)cncc32)cc1. The average Bonchev–Trinajstić information content (AvgIpc) is 2.74. The summed E-state index contributed by atoms with van der Waals surface area (Å²) in [4.78, 5) is 19.0. The fourth-order valence-corrected chi connectivity index (χ4v) is 3.31. The number of rotatable bonds is 3. The summed E-state index contributed by atoms with van der Waals surface area (Å²) in [6.45, 7) is 2.95. The van der Waals surface area contributed by atoms with E-state index in [0.29, 0.717) is 36.6 Å². The van der Waals surface area contributed by atoms with Crippen LogP contribution in [-0.2, 0) is 11.2 Å². The molecule has 0 spiro atoms. The zero-order chi connectivity index (χ0) is 19.5. The first-order valence-electron chi connectivity index (χ1n) is 9.13. The van der Waals surface area contributed by atoms with Gasteiger partial charge in [0.25, 0.3) is 0 Å². The number of amides is 1. The molecule has 3 aromatic rings. The number of fused-ring (bicyclic) bond motifs is 1. The summed E-state index contributed by atoms with van der Waals surface area (Å²) in [7, 11) is 0. The van der Waals surface area contributed by atoms with Gasteiger partial charge in [-0.1, -0.05) is 42.0 Å². The third-order valence-corrected chi connectivity index (χ3v) is 4.83. The predicted molar refractivity (Wildman–Crippen MR) is 107 cm³/mol. The zero-order valence-electron chi connectivity index (χ0n) is 15.6. The number of nitrogens with zero attached hydrogens (tertiary/aromatic N) is 3. The molecule has 0 saturated carbocycles. The van der Waals surface area contributed by atoms with Crippen LogP contribution in [0, 0.1) is 18.3 Å². The number of carbonyl (C=O) groups is 1. The molecule has 2 aromatic carbocycles. The summed E-state index contributed by atoms with van der Waals surface area (Å²) in [5.41, 5.74) is 5.15. The largest absolute Gasteiger partial charge is 0.489 e. The lowest BCUT2D eigenvalue weighted by Gasteiger charge is -2.30. The van der Waals surface area contributed by atoms with Gasteiger partial charge in [-0.3, -0.25) is 9.78 Å². The maximum atomic E-state index is 13.0. The summed E-state index contributed by atoms with van der Waals surface area (Å²) >= 11 is 0. The molecule has 4 rings (SSSR count). The van der Waals surface area contributed by atoms with Gasteiger partial charge in [-0.2, -0.15) is 5.26 Å². The molecule has 0 fully saturated rings. The predicted octanol–water partition coefficient (Wildman–Crippen LogP) is 3.90. The second kappa shape index (κ2) is 7.53. The molecule has 0 N–H and O–H groups in total. The molecule has 138 valence electrons. The van der Waals surface area contributed by atoms with Crippen molar-refractivity contribution < 1.29 is 9.53 Å². The van der Waals surface area contributed by atoms with E-state index in [9.17, 15) is 4.79 Å². The van der Waals surface area contributed by atoms with Gasteiger partial charge in [-0.05, 0) is 30.2 Å². The molecule has 0 radical (unpaired) electrons. The lowest BCUT2D eigenvalue weighted by molar-refractivity contribution is -0.118. The van der Waals surface area contributed by atoms with Gasteiger partial charge in [-0.15, -0.1) is 0 Å². The molecule has 2 heterocycles. The molecule has 1 aliphatic heterocycles. The fourth-order valence-electron chi connectivity index (χ4n) is 3.31. The number of ether oxygens (including phenoxy) is 1. The highest BCUT2D eigenvalue weighted by molar-refractivity contribution is 5.98. The average molecular weight is 369 g/mol. The van der Waals surface area contributed by atoms with Crippen LogP contribution >= 0.6 is 0 Å². The number of aryl methyl sites for hydroxylation is 1. The minimum atomic E-state index is 0.0205. The van der Waals surface area contributed by atoms with Gasteiger partial charge in [0.2, 0.25) is 5.91 Å². The van der Waals surface area contributed by atoms with E-state index in [0.717, 1.165) is 16.7 Å². The van der Waals surface area contributed by atoms with Gasteiger partial charge in [-0.25, -0.2) is 0 Å². The fraction of sp³-hybridized carbons (Fsp3) is 0.174. The number of benzene rings is 2. The summed E-state index contributed by atoms with van der Waals surface area (Å²) in [5.74, 6) is 0.676. The first kappa shape index (κ1) is 17.7. The van der Waals surface area contributed by atoms with Gasteiger partial charge >= 0.3 is 0 Å². The standard InChI is InChI=1S/C23H19N3O2/c1-16-2-4-17(5-3-16)12-22(27)26-10-11-28-23-20(14-25-15-21(23)26)19-8-6-18(13-24)7-9-19/h2-9,14-15H,10-12H2,1H3. The van der Waals surface area contributed by atoms with Crippen molar-refractivity contribution in [1.29, 1.82) is 5.26 Å². The van der Waals surface area contributed by atoms with Crippen LogP contribution in [0.2, 0.25) is 0 Å². The summed E-state index contributed by atoms with van der Waals surface area (Å²) in [6, 6.07) is 17.4. The molecular formula is C23H19N3O2. The number of nitriles is 1. The Kier molecular flexibility index (Phi) is 4.77. The molecule has 28 heavy (non-hydrogen) atoms. The maximum Gasteiger partial charge on any atom is 0.231 e. The van der Waals surface area contributed by atoms with Crippen molar-refractivity contribution in [1.82, 2.24) is 4.98 Å². The number of hydrogen-bond acceptors (Lipinski definition) is 4. The van der Waals surface area contributed by atoms with Crippen LogP contribution in [0.4, 0.5) is 5.69 Å². The Morgan fingerprint density at radius 2 is 1.89 bits per heavy atom. The highest BCUT2D eigenvalue weighted by Crippen LogP contribution is 2.40. The maximum absolute atomic E-state index is 13.0. The number of anilines is 1. The summed E-state index contributed by atoms with van der Waals surface area (Å²) < 4.78 is 5.91. The van der Waals surface area contributed by atoms with E-state index in [1.165, 1.54) is 5.56 Å². The van der Waals surface area contributed by atoms with Crippen LogP contribution in [0.3, 0.4) is 0 Å². The van der Waals surface area contributed by atoms with Crippen LogP contribution in [0.15, 0.2) is 60.9 Å². The van der Waals surface area contributed by atoms with Crippen LogP contribution in [0.1, 0.15) is 16.7 Å². The van der Waals surface area contributed by atoms with Crippen molar-refractivity contribution in [2.75, 3.05) is 18.1 Å². The smallest absolute Gasteiger partial charge is 0.231 e. The molecule has 0 bridgehead atoms. The van der Waals surface area contributed by atoms with E-state index >= 15 is 0 Å². The quantitative estimate of drug-likeness (QED) is 0.702. The van der Waals surface area contributed by atoms with Crippen LogP contribution in [0.5, 0.6) is 5.75 Å². The summed E-state index contributed by atoms with van der Waals surface area (Å²) in [6.07, 6.45) is 3.74. The van der Waals surface area contributed by atoms with Crippen molar-refractivity contribution >= 4 is 11.6 Å². The Morgan fingerprint density at radius 3 is 2.61 bits per heavy atom. The Hall–Kier alpha value is -3.65. The van der Waals surface area contributed by atoms with E-state index in [4.69, 9.17) is 10.00 Å². The molecule has 1 amide bonds. The number of pyridine rings is 1. The highest BCUT2D eigenvalue weighted by atomic mass is 16.5. The lowest BCUT2D eigenvalue weighted by Crippen LogP contribution is -2.39. The van der Waals surface area contributed by atoms with E-state index in [-0.39, 0.29) is 5.91 Å². The molecular weight excluding hydrogens is 350 g/mol.